The Morgan fingerprint density at radius 1 is 0.938 bits per heavy atom. The van der Waals surface area contributed by atoms with Crippen molar-refractivity contribution >= 4 is 47.0 Å². The Bertz CT molecular complexity index is 510. The summed E-state index contributed by atoms with van der Waals surface area (Å²) < 4.78 is 0. The first-order valence-corrected chi connectivity index (χ1v) is 4.64. The number of benzene rings is 2. The molecule has 0 aliphatic heterocycles. The van der Waals surface area contributed by atoms with Crippen molar-refractivity contribution in [3.8, 4) is 0 Å². The summed E-state index contributed by atoms with van der Waals surface area (Å²) in [5, 5.41) is 2.34. The fourth-order valence-electron chi connectivity index (χ4n) is 1.78. The summed E-state index contributed by atoms with van der Waals surface area (Å²) in [6.07, 6.45) is 0. The molecular formula is C12H16Cl2N2. The van der Waals surface area contributed by atoms with Gasteiger partial charge in [-0.2, -0.15) is 0 Å². The van der Waals surface area contributed by atoms with E-state index < -0.39 is 0 Å². The lowest BCUT2D eigenvalue weighted by Crippen LogP contribution is -1.95. The highest BCUT2D eigenvalue weighted by atomic mass is 35.5. The van der Waals surface area contributed by atoms with Gasteiger partial charge in [0.05, 0.1) is 0 Å². The topological polar surface area (TPSA) is 52.0 Å². The van der Waals surface area contributed by atoms with E-state index >= 15 is 0 Å². The maximum absolute atomic E-state index is 5.96. The van der Waals surface area contributed by atoms with Crippen LogP contribution in [-0.2, 0) is 0 Å². The Balaban J connectivity index is 0.00000112. The van der Waals surface area contributed by atoms with Crippen LogP contribution in [0.1, 0.15) is 11.1 Å². The number of nitrogen functional groups attached to an aromatic ring is 2. The monoisotopic (exact) mass is 258 g/mol. The maximum Gasteiger partial charge on any atom is 0.0379 e. The van der Waals surface area contributed by atoms with Crippen LogP contribution in [0.25, 0.3) is 10.8 Å². The molecule has 0 amide bonds. The maximum atomic E-state index is 5.96. The van der Waals surface area contributed by atoms with Crippen LogP contribution < -0.4 is 11.5 Å². The smallest absolute Gasteiger partial charge is 0.0379 e. The van der Waals surface area contributed by atoms with E-state index in [-0.39, 0.29) is 24.8 Å². The fourth-order valence-corrected chi connectivity index (χ4v) is 1.78. The van der Waals surface area contributed by atoms with E-state index in [0.717, 1.165) is 27.9 Å². The van der Waals surface area contributed by atoms with Crippen molar-refractivity contribution in [2.24, 2.45) is 0 Å². The summed E-state index contributed by atoms with van der Waals surface area (Å²) in [7, 11) is 0. The van der Waals surface area contributed by atoms with Gasteiger partial charge in [0, 0.05) is 11.4 Å². The van der Waals surface area contributed by atoms with Gasteiger partial charge < -0.3 is 11.5 Å². The molecule has 88 valence electrons. The van der Waals surface area contributed by atoms with Crippen LogP contribution in [0.2, 0.25) is 0 Å². The van der Waals surface area contributed by atoms with Crippen molar-refractivity contribution in [1.29, 1.82) is 0 Å². The summed E-state index contributed by atoms with van der Waals surface area (Å²) in [5.74, 6) is 0. The van der Waals surface area contributed by atoms with Gasteiger partial charge in [-0.15, -0.1) is 24.8 Å². The molecule has 0 aliphatic carbocycles. The predicted octanol–water partition coefficient (Wildman–Crippen LogP) is 3.46. The molecule has 0 radical (unpaired) electrons. The van der Waals surface area contributed by atoms with Crippen LogP contribution in [0.5, 0.6) is 0 Å². The fraction of sp³-hybridized carbons (Fsp3) is 0.167. The van der Waals surface area contributed by atoms with Crippen molar-refractivity contribution < 1.29 is 0 Å². The molecule has 2 rings (SSSR count). The van der Waals surface area contributed by atoms with Crippen molar-refractivity contribution in [2.45, 2.75) is 13.8 Å². The minimum absolute atomic E-state index is 0. The first kappa shape index (κ1) is 14.9. The molecular weight excluding hydrogens is 243 g/mol. The normalized spacial score (nSPS) is 9.38. The van der Waals surface area contributed by atoms with Crippen molar-refractivity contribution in [3.05, 3.63) is 35.4 Å². The van der Waals surface area contributed by atoms with Gasteiger partial charge in [-0.25, -0.2) is 0 Å². The molecule has 0 spiro atoms. The second-order valence-corrected chi connectivity index (χ2v) is 3.71. The molecule has 4 N–H and O–H groups in total. The SMILES string of the molecule is Cc1cc2ccc(N)cc2c(C)c1N.Cl.Cl. The Hall–Kier alpha value is -1.12. The molecule has 2 aromatic carbocycles. The predicted molar refractivity (Wildman–Crippen MR) is 76.7 cm³/mol. The summed E-state index contributed by atoms with van der Waals surface area (Å²) in [5.41, 5.74) is 15.6. The molecule has 2 aromatic rings. The van der Waals surface area contributed by atoms with Gasteiger partial charge in [-0.05, 0) is 53.9 Å². The van der Waals surface area contributed by atoms with Crippen molar-refractivity contribution in [1.82, 2.24) is 0 Å². The van der Waals surface area contributed by atoms with Crippen LogP contribution >= 0.6 is 24.8 Å². The van der Waals surface area contributed by atoms with Crippen LogP contribution in [-0.4, -0.2) is 0 Å². The van der Waals surface area contributed by atoms with E-state index in [1.54, 1.807) is 0 Å². The van der Waals surface area contributed by atoms with Gasteiger partial charge in [0.1, 0.15) is 0 Å². The van der Waals surface area contributed by atoms with Gasteiger partial charge in [0.2, 0.25) is 0 Å². The first-order chi connectivity index (χ1) is 6.59. The number of aryl methyl sites for hydroxylation is 2. The largest absolute Gasteiger partial charge is 0.399 e. The molecule has 0 aromatic heterocycles. The molecule has 4 heteroatoms. The number of hydrogen-bond donors (Lipinski definition) is 2. The first-order valence-electron chi connectivity index (χ1n) is 4.64. The van der Waals surface area contributed by atoms with Gasteiger partial charge in [0.15, 0.2) is 0 Å². The quantitative estimate of drug-likeness (QED) is 0.712. The Labute approximate surface area is 108 Å². The highest BCUT2D eigenvalue weighted by Crippen LogP contribution is 2.28. The van der Waals surface area contributed by atoms with E-state index in [2.05, 4.69) is 6.07 Å². The standard InChI is InChI=1S/C12H14N2.2ClH/c1-7-5-9-3-4-10(13)6-11(9)8(2)12(7)14;;/h3-6H,13-14H2,1-2H3;2*1H. The number of hydrogen-bond acceptors (Lipinski definition) is 2. The second-order valence-electron chi connectivity index (χ2n) is 3.71. The molecule has 0 fully saturated rings. The average Bonchev–Trinajstić information content (AvgIpc) is 2.16. The van der Waals surface area contributed by atoms with E-state index in [9.17, 15) is 0 Å². The van der Waals surface area contributed by atoms with Crippen molar-refractivity contribution in [2.75, 3.05) is 11.5 Å². The van der Waals surface area contributed by atoms with Gasteiger partial charge in [0.25, 0.3) is 0 Å². The number of nitrogens with two attached hydrogens (primary N) is 2. The zero-order valence-electron chi connectivity index (χ0n) is 9.28. The number of rotatable bonds is 0. The summed E-state index contributed by atoms with van der Waals surface area (Å²) in [6, 6.07) is 8.01. The Morgan fingerprint density at radius 3 is 2.19 bits per heavy atom. The zero-order valence-corrected chi connectivity index (χ0v) is 10.9. The molecule has 0 bridgehead atoms. The third-order valence-corrected chi connectivity index (χ3v) is 2.68. The number of halogens is 2. The molecule has 0 atom stereocenters. The third kappa shape index (κ3) is 2.34. The number of fused-ring (bicyclic) bond motifs is 1. The lowest BCUT2D eigenvalue weighted by atomic mass is 10.00. The summed E-state index contributed by atoms with van der Waals surface area (Å²) in [6.45, 7) is 4.06. The molecule has 0 aliphatic rings. The molecule has 2 nitrogen and oxygen atoms in total. The van der Waals surface area contributed by atoms with Gasteiger partial charge in [-0.1, -0.05) is 6.07 Å². The third-order valence-electron chi connectivity index (χ3n) is 2.68. The van der Waals surface area contributed by atoms with E-state index in [4.69, 9.17) is 11.5 Å². The molecule has 0 heterocycles. The lowest BCUT2D eigenvalue weighted by molar-refractivity contribution is 1.43. The van der Waals surface area contributed by atoms with E-state index in [1.807, 2.05) is 32.0 Å². The van der Waals surface area contributed by atoms with Gasteiger partial charge in [-0.3, -0.25) is 0 Å². The lowest BCUT2D eigenvalue weighted by Gasteiger charge is -2.09. The van der Waals surface area contributed by atoms with E-state index in [0.29, 0.717) is 0 Å². The number of anilines is 2. The molecule has 0 unspecified atom stereocenters. The van der Waals surface area contributed by atoms with Gasteiger partial charge >= 0.3 is 0 Å². The molecule has 0 saturated carbocycles. The summed E-state index contributed by atoms with van der Waals surface area (Å²) >= 11 is 0. The minimum atomic E-state index is 0. The minimum Gasteiger partial charge on any atom is -0.399 e. The van der Waals surface area contributed by atoms with Crippen molar-refractivity contribution in [3.63, 3.8) is 0 Å². The zero-order chi connectivity index (χ0) is 10.3. The van der Waals surface area contributed by atoms with Crippen LogP contribution in [0.4, 0.5) is 11.4 Å². The van der Waals surface area contributed by atoms with Crippen LogP contribution in [0.15, 0.2) is 24.3 Å². The Morgan fingerprint density at radius 2 is 1.56 bits per heavy atom. The average molecular weight is 259 g/mol. The van der Waals surface area contributed by atoms with E-state index in [1.165, 1.54) is 5.39 Å². The highest BCUT2D eigenvalue weighted by molar-refractivity contribution is 5.92. The summed E-state index contributed by atoms with van der Waals surface area (Å²) in [4.78, 5) is 0. The molecule has 0 saturated heterocycles. The molecule has 16 heavy (non-hydrogen) atoms. The highest BCUT2D eigenvalue weighted by Gasteiger charge is 2.04. The second kappa shape index (κ2) is 5.28. The van der Waals surface area contributed by atoms with Crippen LogP contribution in [0.3, 0.4) is 0 Å². The Kier molecular flexibility index (Phi) is 4.91. The van der Waals surface area contributed by atoms with Crippen LogP contribution in [0, 0.1) is 13.8 Å².